The molecule has 0 fully saturated rings. The van der Waals surface area contributed by atoms with E-state index in [1.54, 1.807) is 28.7 Å². The van der Waals surface area contributed by atoms with E-state index < -0.39 is 11.9 Å². The topological polar surface area (TPSA) is 110 Å². The first-order valence-corrected chi connectivity index (χ1v) is 10.8. The fourth-order valence-electron chi connectivity index (χ4n) is 3.24. The van der Waals surface area contributed by atoms with Crippen LogP contribution in [0.2, 0.25) is 0 Å². The molecule has 4 aromatic rings. The van der Waals surface area contributed by atoms with Gasteiger partial charge in [0.2, 0.25) is 11.7 Å². The van der Waals surface area contributed by atoms with Gasteiger partial charge in [-0.25, -0.2) is 4.79 Å². The standard InChI is InChI=1S/C22H20N6O3S/c1-2-12-27-19(30)16-10-6-7-11-17(16)28-21(27)25-26-22(28)32-14-18(29)24-20(31)23-13-15-8-4-3-5-9-15/h2-11H,1,12-14H2,(H2,23,24,29,31). The quantitative estimate of drug-likeness (QED) is 0.332. The third-order valence-corrected chi connectivity index (χ3v) is 5.60. The molecule has 10 heteroatoms. The summed E-state index contributed by atoms with van der Waals surface area (Å²) in [5.74, 6) is -0.160. The second-order valence-corrected chi connectivity index (χ2v) is 7.79. The Bertz CT molecular complexity index is 1360. The predicted molar refractivity (Wildman–Crippen MR) is 122 cm³/mol. The van der Waals surface area contributed by atoms with Crippen molar-refractivity contribution in [3.63, 3.8) is 0 Å². The van der Waals surface area contributed by atoms with Crippen molar-refractivity contribution in [3.8, 4) is 0 Å². The zero-order valence-corrected chi connectivity index (χ0v) is 17.8. The van der Waals surface area contributed by atoms with E-state index >= 15 is 0 Å². The molecular formula is C22H20N6O3S. The molecule has 2 aromatic carbocycles. The van der Waals surface area contributed by atoms with Gasteiger partial charge in [-0.1, -0.05) is 60.3 Å². The van der Waals surface area contributed by atoms with Crippen LogP contribution in [0.5, 0.6) is 0 Å². The van der Waals surface area contributed by atoms with E-state index in [1.165, 1.54) is 4.57 Å². The van der Waals surface area contributed by atoms with E-state index in [2.05, 4.69) is 27.4 Å². The fraction of sp³-hybridized carbons (Fsp3) is 0.136. The highest BCUT2D eigenvalue weighted by Crippen LogP contribution is 2.21. The number of carbonyl (C=O) groups is 2. The third kappa shape index (κ3) is 4.40. The first-order valence-electron chi connectivity index (χ1n) is 9.80. The maximum atomic E-state index is 12.8. The molecule has 162 valence electrons. The van der Waals surface area contributed by atoms with Crippen molar-refractivity contribution in [3.05, 3.63) is 83.2 Å². The van der Waals surface area contributed by atoms with Crippen molar-refractivity contribution in [2.75, 3.05) is 5.75 Å². The van der Waals surface area contributed by atoms with Crippen molar-refractivity contribution >= 4 is 40.4 Å². The molecule has 0 spiro atoms. The van der Waals surface area contributed by atoms with Gasteiger partial charge in [-0.15, -0.1) is 16.8 Å². The van der Waals surface area contributed by atoms with Crippen molar-refractivity contribution < 1.29 is 9.59 Å². The summed E-state index contributed by atoms with van der Waals surface area (Å²) in [7, 11) is 0. The number of allylic oxidation sites excluding steroid dienone is 1. The lowest BCUT2D eigenvalue weighted by atomic mass is 10.2. The van der Waals surface area contributed by atoms with Gasteiger partial charge in [0.15, 0.2) is 5.16 Å². The Kier molecular flexibility index (Phi) is 6.31. The summed E-state index contributed by atoms with van der Waals surface area (Å²) in [6, 6.07) is 15.9. The molecule has 0 aliphatic heterocycles. The number of nitrogens with one attached hydrogen (secondary N) is 2. The number of urea groups is 1. The van der Waals surface area contributed by atoms with Crippen LogP contribution >= 0.6 is 11.8 Å². The highest BCUT2D eigenvalue weighted by Gasteiger charge is 2.17. The van der Waals surface area contributed by atoms with Crippen LogP contribution in [0.15, 0.2) is 77.2 Å². The van der Waals surface area contributed by atoms with Crippen LogP contribution in [-0.4, -0.2) is 36.9 Å². The Labute approximate surface area is 187 Å². The minimum absolute atomic E-state index is 0.0472. The number of hydrogen-bond acceptors (Lipinski definition) is 6. The summed E-state index contributed by atoms with van der Waals surface area (Å²) in [6.45, 7) is 4.29. The normalized spacial score (nSPS) is 10.9. The van der Waals surface area contributed by atoms with Gasteiger partial charge in [-0.05, 0) is 17.7 Å². The maximum absolute atomic E-state index is 12.8. The smallest absolute Gasteiger partial charge is 0.321 e. The fourth-order valence-corrected chi connectivity index (χ4v) is 3.98. The molecule has 2 heterocycles. The molecule has 0 unspecified atom stereocenters. The number of hydrogen-bond donors (Lipinski definition) is 2. The van der Waals surface area contributed by atoms with Gasteiger partial charge in [0.05, 0.1) is 16.7 Å². The van der Waals surface area contributed by atoms with Gasteiger partial charge in [0.25, 0.3) is 5.56 Å². The van der Waals surface area contributed by atoms with Gasteiger partial charge in [0, 0.05) is 13.1 Å². The third-order valence-electron chi connectivity index (χ3n) is 4.67. The van der Waals surface area contributed by atoms with E-state index in [4.69, 9.17) is 0 Å². The Balaban J connectivity index is 1.49. The molecule has 3 amide bonds. The zero-order valence-electron chi connectivity index (χ0n) is 17.0. The minimum Gasteiger partial charge on any atom is -0.334 e. The number of aromatic nitrogens is 4. The number of benzene rings is 2. The van der Waals surface area contributed by atoms with Crippen LogP contribution in [0.3, 0.4) is 0 Å². The molecule has 32 heavy (non-hydrogen) atoms. The largest absolute Gasteiger partial charge is 0.334 e. The van der Waals surface area contributed by atoms with Gasteiger partial charge >= 0.3 is 6.03 Å². The number of amides is 3. The summed E-state index contributed by atoms with van der Waals surface area (Å²) in [4.78, 5) is 37.1. The predicted octanol–water partition coefficient (Wildman–Crippen LogP) is 2.35. The van der Waals surface area contributed by atoms with Crippen LogP contribution in [0.25, 0.3) is 16.7 Å². The second kappa shape index (κ2) is 9.48. The summed E-state index contributed by atoms with van der Waals surface area (Å²) < 4.78 is 3.21. The van der Waals surface area contributed by atoms with Gasteiger partial charge in [0.1, 0.15) is 0 Å². The van der Waals surface area contributed by atoms with Gasteiger partial charge in [-0.3, -0.25) is 23.9 Å². The van der Waals surface area contributed by atoms with Crippen molar-refractivity contribution in [1.29, 1.82) is 0 Å². The minimum atomic E-state index is -0.573. The molecular weight excluding hydrogens is 428 g/mol. The number of fused-ring (bicyclic) bond motifs is 3. The lowest BCUT2D eigenvalue weighted by molar-refractivity contribution is -0.117. The molecule has 2 aromatic heterocycles. The number of nitrogens with zero attached hydrogens (tertiary/aromatic N) is 4. The SMILES string of the molecule is C=CCn1c(=O)c2ccccc2n2c(SCC(=O)NC(=O)NCc3ccccc3)nnc12. The summed E-state index contributed by atoms with van der Waals surface area (Å²) in [6.07, 6.45) is 1.61. The number of para-hydroxylation sites is 1. The van der Waals surface area contributed by atoms with E-state index in [0.29, 0.717) is 28.4 Å². The van der Waals surface area contributed by atoms with Gasteiger partial charge in [-0.2, -0.15) is 0 Å². The zero-order chi connectivity index (χ0) is 22.5. The highest BCUT2D eigenvalue weighted by molar-refractivity contribution is 7.99. The lowest BCUT2D eigenvalue weighted by Crippen LogP contribution is -2.39. The number of carbonyl (C=O) groups excluding carboxylic acids is 2. The maximum Gasteiger partial charge on any atom is 0.321 e. The Morgan fingerprint density at radius 1 is 1.06 bits per heavy atom. The first-order chi connectivity index (χ1) is 15.6. The molecule has 0 radical (unpaired) electrons. The van der Waals surface area contributed by atoms with Crippen molar-refractivity contribution in [2.45, 2.75) is 18.2 Å². The van der Waals surface area contributed by atoms with Crippen molar-refractivity contribution in [2.24, 2.45) is 0 Å². The van der Waals surface area contributed by atoms with Gasteiger partial charge < -0.3 is 5.32 Å². The van der Waals surface area contributed by atoms with E-state index in [0.717, 1.165) is 17.3 Å². The molecule has 2 N–H and O–H groups in total. The first kappa shape index (κ1) is 21.3. The molecule has 0 aliphatic rings. The highest BCUT2D eigenvalue weighted by atomic mass is 32.2. The second-order valence-electron chi connectivity index (χ2n) is 6.84. The molecule has 0 aliphatic carbocycles. The molecule has 0 atom stereocenters. The van der Waals surface area contributed by atoms with Crippen LogP contribution < -0.4 is 16.2 Å². The lowest BCUT2D eigenvalue weighted by Gasteiger charge is -2.09. The molecule has 0 saturated carbocycles. The molecule has 0 bridgehead atoms. The summed E-state index contributed by atoms with van der Waals surface area (Å²) >= 11 is 1.12. The monoisotopic (exact) mass is 448 g/mol. The molecule has 0 saturated heterocycles. The Morgan fingerprint density at radius 2 is 1.81 bits per heavy atom. The number of imide groups is 1. The van der Waals surface area contributed by atoms with Crippen LogP contribution in [-0.2, 0) is 17.9 Å². The van der Waals surface area contributed by atoms with E-state index in [1.807, 2.05) is 36.4 Å². The average Bonchev–Trinajstić information content (AvgIpc) is 3.24. The van der Waals surface area contributed by atoms with Crippen LogP contribution in [0.4, 0.5) is 4.79 Å². The van der Waals surface area contributed by atoms with Crippen LogP contribution in [0.1, 0.15) is 5.56 Å². The summed E-state index contributed by atoms with van der Waals surface area (Å²) in [5, 5.41) is 14.2. The Morgan fingerprint density at radius 3 is 2.59 bits per heavy atom. The van der Waals surface area contributed by atoms with E-state index in [-0.39, 0.29) is 17.9 Å². The molecule has 9 nitrogen and oxygen atoms in total. The number of thioether (sulfide) groups is 1. The van der Waals surface area contributed by atoms with Crippen LogP contribution in [0, 0.1) is 0 Å². The van der Waals surface area contributed by atoms with Crippen molar-refractivity contribution in [1.82, 2.24) is 29.8 Å². The molecule has 4 rings (SSSR count). The number of rotatable bonds is 7. The summed E-state index contributed by atoms with van der Waals surface area (Å²) in [5.41, 5.74) is 1.38. The average molecular weight is 449 g/mol. The Hall–Kier alpha value is -3.92. The van der Waals surface area contributed by atoms with E-state index in [9.17, 15) is 14.4 Å².